The lowest BCUT2D eigenvalue weighted by Crippen LogP contribution is -2.42. The van der Waals surface area contributed by atoms with Crippen LogP contribution < -0.4 is 16.2 Å². The first-order chi connectivity index (χ1) is 8.13. The molecule has 0 atom stereocenters. The zero-order valence-electron chi connectivity index (χ0n) is 9.49. The molecule has 92 valence electrons. The van der Waals surface area contributed by atoms with Crippen LogP contribution in [0.15, 0.2) is 24.3 Å². The van der Waals surface area contributed by atoms with Crippen LogP contribution in [0.4, 0.5) is 4.79 Å². The molecule has 1 aromatic rings. The van der Waals surface area contributed by atoms with Gasteiger partial charge in [0.25, 0.3) is 0 Å². The van der Waals surface area contributed by atoms with Crippen molar-refractivity contribution in [2.75, 3.05) is 13.6 Å². The highest BCUT2D eigenvalue weighted by Crippen LogP contribution is 2.04. The van der Waals surface area contributed by atoms with Gasteiger partial charge >= 0.3 is 12.0 Å². The molecule has 0 fully saturated rings. The lowest BCUT2D eigenvalue weighted by molar-refractivity contribution is 0.0697. The van der Waals surface area contributed by atoms with Gasteiger partial charge in [0.1, 0.15) is 0 Å². The summed E-state index contributed by atoms with van der Waals surface area (Å²) >= 11 is 0. The summed E-state index contributed by atoms with van der Waals surface area (Å²) in [6, 6.07) is 6.27. The van der Waals surface area contributed by atoms with Gasteiger partial charge in [-0.15, -0.1) is 0 Å². The molecule has 1 rings (SSSR count). The average molecular weight is 237 g/mol. The maximum atomic E-state index is 11.0. The van der Waals surface area contributed by atoms with Gasteiger partial charge in [-0.1, -0.05) is 12.1 Å². The standard InChI is InChI=1S/C11H15N3O3/c1-12-14-11(17)13-7-6-8-2-4-9(5-3-8)10(15)16/h2-5,12H,6-7H2,1H3,(H,15,16)(H2,13,14,17). The predicted octanol–water partition coefficient (Wildman–Crippen LogP) is 0.361. The smallest absolute Gasteiger partial charge is 0.335 e. The number of nitrogens with one attached hydrogen (secondary N) is 3. The maximum Gasteiger partial charge on any atom is 0.335 e. The van der Waals surface area contributed by atoms with Crippen molar-refractivity contribution in [1.29, 1.82) is 0 Å². The monoisotopic (exact) mass is 237 g/mol. The topological polar surface area (TPSA) is 90.5 Å². The zero-order chi connectivity index (χ0) is 12.7. The van der Waals surface area contributed by atoms with Gasteiger partial charge in [-0.25, -0.2) is 15.0 Å². The Morgan fingerprint density at radius 2 is 1.88 bits per heavy atom. The molecule has 6 nitrogen and oxygen atoms in total. The van der Waals surface area contributed by atoms with E-state index in [0.29, 0.717) is 13.0 Å². The molecule has 0 spiro atoms. The molecule has 0 saturated carbocycles. The van der Waals surface area contributed by atoms with E-state index in [1.807, 2.05) is 0 Å². The summed E-state index contributed by atoms with van der Waals surface area (Å²) in [5.74, 6) is -0.942. The summed E-state index contributed by atoms with van der Waals surface area (Å²) in [6.07, 6.45) is 0.650. The third kappa shape index (κ3) is 4.52. The third-order valence-corrected chi connectivity index (χ3v) is 2.14. The van der Waals surface area contributed by atoms with Crippen molar-refractivity contribution in [3.8, 4) is 0 Å². The number of hydrazine groups is 1. The van der Waals surface area contributed by atoms with Crippen molar-refractivity contribution in [3.63, 3.8) is 0 Å². The van der Waals surface area contributed by atoms with Crippen LogP contribution in [0.1, 0.15) is 15.9 Å². The SMILES string of the molecule is CNNC(=O)NCCc1ccc(C(=O)O)cc1. The van der Waals surface area contributed by atoms with Crippen LogP contribution in [-0.2, 0) is 6.42 Å². The first kappa shape index (κ1) is 13.0. The van der Waals surface area contributed by atoms with Crippen molar-refractivity contribution in [1.82, 2.24) is 16.2 Å². The van der Waals surface area contributed by atoms with Crippen LogP contribution in [0, 0.1) is 0 Å². The summed E-state index contributed by atoms with van der Waals surface area (Å²) in [6.45, 7) is 0.486. The molecule has 0 unspecified atom stereocenters. The Bertz CT molecular complexity index is 389. The number of benzene rings is 1. The van der Waals surface area contributed by atoms with E-state index in [-0.39, 0.29) is 11.6 Å². The average Bonchev–Trinajstić information content (AvgIpc) is 2.30. The minimum Gasteiger partial charge on any atom is -0.478 e. The van der Waals surface area contributed by atoms with E-state index >= 15 is 0 Å². The van der Waals surface area contributed by atoms with Gasteiger partial charge in [0.15, 0.2) is 0 Å². The molecule has 2 amide bonds. The normalized spacial score (nSPS) is 9.71. The summed E-state index contributed by atoms with van der Waals surface area (Å²) in [5, 5.41) is 11.4. The van der Waals surface area contributed by atoms with Crippen molar-refractivity contribution in [2.45, 2.75) is 6.42 Å². The van der Waals surface area contributed by atoms with Crippen LogP contribution in [0.2, 0.25) is 0 Å². The van der Waals surface area contributed by atoms with Crippen molar-refractivity contribution < 1.29 is 14.7 Å². The van der Waals surface area contributed by atoms with E-state index in [4.69, 9.17) is 5.11 Å². The summed E-state index contributed by atoms with van der Waals surface area (Å²) in [4.78, 5) is 21.6. The fourth-order valence-electron chi connectivity index (χ4n) is 1.29. The summed E-state index contributed by atoms with van der Waals surface area (Å²) < 4.78 is 0. The molecule has 0 bridgehead atoms. The van der Waals surface area contributed by atoms with Crippen LogP contribution in [0.3, 0.4) is 0 Å². The second kappa shape index (κ2) is 6.49. The fourth-order valence-corrected chi connectivity index (χ4v) is 1.29. The Balaban J connectivity index is 2.37. The van der Waals surface area contributed by atoms with E-state index < -0.39 is 5.97 Å². The number of carbonyl (C=O) groups is 2. The van der Waals surface area contributed by atoms with Crippen molar-refractivity contribution >= 4 is 12.0 Å². The van der Waals surface area contributed by atoms with Gasteiger partial charge in [0.2, 0.25) is 0 Å². The molecule has 0 aliphatic carbocycles. The van der Waals surface area contributed by atoms with E-state index in [0.717, 1.165) is 5.56 Å². The van der Waals surface area contributed by atoms with E-state index in [1.165, 1.54) is 0 Å². The first-order valence-corrected chi connectivity index (χ1v) is 5.16. The number of rotatable bonds is 5. The number of carbonyl (C=O) groups excluding carboxylic acids is 1. The van der Waals surface area contributed by atoms with E-state index in [9.17, 15) is 9.59 Å². The first-order valence-electron chi connectivity index (χ1n) is 5.16. The highest BCUT2D eigenvalue weighted by atomic mass is 16.4. The van der Waals surface area contributed by atoms with Crippen LogP contribution in [0.5, 0.6) is 0 Å². The molecule has 0 radical (unpaired) electrons. The number of carboxylic acids is 1. The minimum atomic E-state index is -0.942. The van der Waals surface area contributed by atoms with Gasteiger partial charge in [-0.2, -0.15) is 0 Å². The van der Waals surface area contributed by atoms with Crippen molar-refractivity contribution in [2.24, 2.45) is 0 Å². The third-order valence-electron chi connectivity index (χ3n) is 2.14. The molecule has 0 aromatic heterocycles. The number of aromatic carboxylic acids is 1. The number of carboxylic acid groups (broad SMARTS) is 1. The molecule has 4 N–H and O–H groups in total. The molecule has 0 aliphatic heterocycles. The Hall–Kier alpha value is -2.08. The largest absolute Gasteiger partial charge is 0.478 e. The van der Waals surface area contributed by atoms with Gasteiger partial charge in [-0.05, 0) is 24.1 Å². The lowest BCUT2D eigenvalue weighted by Gasteiger charge is -2.06. The zero-order valence-corrected chi connectivity index (χ0v) is 9.49. The molecule has 0 heterocycles. The van der Waals surface area contributed by atoms with Crippen LogP contribution >= 0.6 is 0 Å². The number of amides is 2. The maximum absolute atomic E-state index is 11.0. The van der Waals surface area contributed by atoms with Gasteiger partial charge in [-0.3, -0.25) is 5.43 Å². The predicted molar refractivity (Wildman–Crippen MR) is 62.7 cm³/mol. The van der Waals surface area contributed by atoms with E-state index in [1.54, 1.807) is 31.3 Å². The molecule has 17 heavy (non-hydrogen) atoms. The minimum absolute atomic E-state index is 0.259. The second-order valence-electron chi connectivity index (χ2n) is 3.38. The molecular formula is C11H15N3O3. The molecule has 0 saturated heterocycles. The molecule has 1 aromatic carbocycles. The van der Waals surface area contributed by atoms with Gasteiger partial charge < -0.3 is 10.4 Å². The van der Waals surface area contributed by atoms with Crippen molar-refractivity contribution in [3.05, 3.63) is 35.4 Å². The Morgan fingerprint density at radius 3 is 2.41 bits per heavy atom. The molecular weight excluding hydrogens is 222 g/mol. The Labute approximate surface area is 99.0 Å². The lowest BCUT2D eigenvalue weighted by atomic mass is 10.1. The molecule has 6 heteroatoms. The Kier molecular flexibility index (Phi) is 4.96. The van der Waals surface area contributed by atoms with Gasteiger partial charge in [0, 0.05) is 13.6 Å². The summed E-state index contributed by atoms with van der Waals surface area (Å²) in [5.41, 5.74) is 6.12. The number of hydrogen-bond acceptors (Lipinski definition) is 3. The van der Waals surface area contributed by atoms with E-state index in [2.05, 4.69) is 16.2 Å². The Morgan fingerprint density at radius 1 is 1.24 bits per heavy atom. The quantitative estimate of drug-likeness (QED) is 0.557. The van der Waals surface area contributed by atoms with Gasteiger partial charge in [0.05, 0.1) is 5.56 Å². The summed E-state index contributed by atoms with van der Waals surface area (Å²) in [7, 11) is 1.60. The fraction of sp³-hybridized carbons (Fsp3) is 0.273. The molecule has 0 aliphatic rings. The number of urea groups is 1. The second-order valence-corrected chi connectivity index (χ2v) is 3.38. The highest BCUT2D eigenvalue weighted by Gasteiger charge is 2.02. The number of hydrogen-bond donors (Lipinski definition) is 4. The highest BCUT2D eigenvalue weighted by molar-refractivity contribution is 5.87. The van der Waals surface area contributed by atoms with Crippen LogP contribution in [-0.4, -0.2) is 30.7 Å². The van der Waals surface area contributed by atoms with Crippen LogP contribution in [0.25, 0.3) is 0 Å².